The third kappa shape index (κ3) is 3.58. The summed E-state index contributed by atoms with van der Waals surface area (Å²) in [5, 5.41) is 0. The quantitative estimate of drug-likeness (QED) is 0.832. The molecule has 0 saturated carbocycles. The molecule has 0 radical (unpaired) electrons. The first-order valence-corrected chi connectivity index (χ1v) is 7.17. The van der Waals surface area contributed by atoms with E-state index < -0.39 is 0 Å². The zero-order chi connectivity index (χ0) is 14.4. The molecular weight excluding hydrogens is 250 g/mol. The summed E-state index contributed by atoms with van der Waals surface area (Å²) in [7, 11) is 0. The molecule has 1 aliphatic rings. The van der Waals surface area contributed by atoms with E-state index in [0.717, 1.165) is 37.4 Å². The van der Waals surface area contributed by atoms with Crippen molar-refractivity contribution in [1.82, 2.24) is 9.88 Å². The van der Waals surface area contributed by atoms with E-state index in [2.05, 4.69) is 23.7 Å². The minimum Gasteiger partial charge on any atom is -0.339 e. The van der Waals surface area contributed by atoms with Crippen molar-refractivity contribution in [1.29, 1.82) is 0 Å². The Balaban J connectivity index is 2.06. The summed E-state index contributed by atoms with van der Waals surface area (Å²) >= 11 is 0. The molecule has 2 rings (SSSR count). The minimum atomic E-state index is 0.0588. The fourth-order valence-corrected chi connectivity index (χ4v) is 2.51. The number of nitrogens with zero attached hydrogens (tertiary/aromatic N) is 2. The average molecular weight is 271 g/mol. The molecular formula is C16H21N3O. The van der Waals surface area contributed by atoms with E-state index in [-0.39, 0.29) is 5.91 Å². The predicted molar refractivity (Wildman–Crippen MR) is 79.1 cm³/mol. The van der Waals surface area contributed by atoms with E-state index in [1.807, 2.05) is 4.90 Å². The molecule has 1 saturated heterocycles. The normalized spacial score (nSPS) is 15.6. The molecule has 106 valence electrons. The molecule has 0 bridgehead atoms. The maximum Gasteiger partial charge on any atom is 0.255 e. The molecule has 0 aliphatic carbocycles. The number of piperidine rings is 1. The van der Waals surface area contributed by atoms with Crippen molar-refractivity contribution >= 4 is 5.91 Å². The SMILES string of the molecule is CCC1CCN(C(=O)c2cncc(C#CCN)c2)CC1. The second-order valence-electron chi connectivity index (χ2n) is 5.11. The van der Waals surface area contributed by atoms with Gasteiger partial charge < -0.3 is 10.6 Å². The fraction of sp³-hybridized carbons (Fsp3) is 0.500. The van der Waals surface area contributed by atoms with Crippen LogP contribution in [0.25, 0.3) is 0 Å². The molecule has 4 heteroatoms. The highest BCUT2D eigenvalue weighted by Gasteiger charge is 2.22. The highest BCUT2D eigenvalue weighted by molar-refractivity contribution is 5.94. The van der Waals surface area contributed by atoms with Crippen LogP contribution in [-0.4, -0.2) is 35.4 Å². The van der Waals surface area contributed by atoms with Gasteiger partial charge in [-0.25, -0.2) is 0 Å². The van der Waals surface area contributed by atoms with Crippen LogP contribution in [0.4, 0.5) is 0 Å². The number of rotatable bonds is 2. The molecule has 0 spiro atoms. The summed E-state index contributed by atoms with van der Waals surface area (Å²) in [4.78, 5) is 18.4. The molecule has 0 aromatic carbocycles. The van der Waals surface area contributed by atoms with E-state index in [4.69, 9.17) is 5.73 Å². The van der Waals surface area contributed by atoms with Crippen molar-refractivity contribution in [3.8, 4) is 11.8 Å². The largest absolute Gasteiger partial charge is 0.339 e. The molecule has 20 heavy (non-hydrogen) atoms. The third-order valence-corrected chi connectivity index (χ3v) is 3.80. The molecule has 1 amide bonds. The smallest absolute Gasteiger partial charge is 0.255 e. The van der Waals surface area contributed by atoms with Gasteiger partial charge >= 0.3 is 0 Å². The number of nitrogens with two attached hydrogens (primary N) is 1. The van der Waals surface area contributed by atoms with Crippen molar-refractivity contribution in [3.05, 3.63) is 29.6 Å². The predicted octanol–water partition coefficient (Wildman–Crippen LogP) is 1.65. The second-order valence-corrected chi connectivity index (χ2v) is 5.11. The van der Waals surface area contributed by atoms with Gasteiger partial charge in [0.1, 0.15) is 0 Å². The lowest BCUT2D eigenvalue weighted by atomic mass is 9.94. The van der Waals surface area contributed by atoms with E-state index in [1.54, 1.807) is 18.5 Å². The number of amides is 1. The topological polar surface area (TPSA) is 59.2 Å². The zero-order valence-electron chi connectivity index (χ0n) is 11.9. The molecule has 1 aromatic rings. The summed E-state index contributed by atoms with van der Waals surface area (Å²) < 4.78 is 0. The first kappa shape index (κ1) is 14.5. The Kier molecular flexibility index (Phi) is 5.14. The summed E-state index contributed by atoms with van der Waals surface area (Å²) in [5.74, 6) is 6.51. The van der Waals surface area contributed by atoms with Crippen LogP contribution in [0.5, 0.6) is 0 Å². The van der Waals surface area contributed by atoms with Crippen LogP contribution in [0.3, 0.4) is 0 Å². The highest BCUT2D eigenvalue weighted by Crippen LogP contribution is 2.21. The first-order valence-electron chi connectivity index (χ1n) is 7.17. The standard InChI is InChI=1S/C16H21N3O/c1-2-13-5-8-19(9-6-13)16(20)15-10-14(4-3-7-17)11-18-12-15/h10-13H,2,5-9,17H2,1H3. The Morgan fingerprint density at radius 2 is 2.20 bits per heavy atom. The van der Waals surface area contributed by atoms with Gasteiger partial charge in [0.25, 0.3) is 5.91 Å². The summed E-state index contributed by atoms with van der Waals surface area (Å²) in [5.41, 5.74) is 6.70. The molecule has 0 atom stereocenters. The fourth-order valence-electron chi connectivity index (χ4n) is 2.51. The summed E-state index contributed by atoms with van der Waals surface area (Å²) in [6, 6.07) is 1.80. The number of carbonyl (C=O) groups is 1. The Morgan fingerprint density at radius 1 is 1.45 bits per heavy atom. The molecule has 2 heterocycles. The number of carbonyl (C=O) groups excluding carboxylic acids is 1. The van der Waals surface area contributed by atoms with Crippen molar-refractivity contribution < 1.29 is 4.79 Å². The summed E-state index contributed by atoms with van der Waals surface area (Å²) in [6.45, 7) is 4.21. The molecule has 1 aromatic heterocycles. The molecule has 1 fully saturated rings. The maximum atomic E-state index is 12.4. The van der Waals surface area contributed by atoms with Crippen LogP contribution in [0.1, 0.15) is 42.1 Å². The van der Waals surface area contributed by atoms with E-state index >= 15 is 0 Å². The van der Waals surface area contributed by atoms with Gasteiger partial charge in [-0.15, -0.1) is 0 Å². The van der Waals surface area contributed by atoms with Crippen molar-refractivity contribution in [2.45, 2.75) is 26.2 Å². The third-order valence-electron chi connectivity index (χ3n) is 3.80. The van der Waals surface area contributed by atoms with Gasteiger partial charge in [-0.3, -0.25) is 9.78 Å². The lowest BCUT2D eigenvalue weighted by molar-refractivity contribution is 0.0688. The number of hydrogen-bond donors (Lipinski definition) is 1. The van der Waals surface area contributed by atoms with Gasteiger partial charge in [-0.2, -0.15) is 0 Å². The number of likely N-dealkylation sites (tertiary alicyclic amines) is 1. The lowest BCUT2D eigenvalue weighted by Gasteiger charge is -2.31. The number of aromatic nitrogens is 1. The zero-order valence-corrected chi connectivity index (χ0v) is 11.9. The molecule has 1 aliphatic heterocycles. The van der Waals surface area contributed by atoms with Crippen molar-refractivity contribution in [2.24, 2.45) is 11.7 Å². The monoisotopic (exact) mass is 271 g/mol. The molecule has 0 unspecified atom stereocenters. The second kappa shape index (κ2) is 7.06. The van der Waals surface area contributed by atoms with Crippen LogP contribution in [-0.2, 0) is 0 Å². The van der Waals surface area contributed by atoms with Gasteiger partial charge in [-0.05, 0) is 24.8 Å². The van der Waals surface area contributed by atoms with Gasteiger partial charge in [0, 0.05) is 31.0 Å². The first-order chi connectivity index (χ1) is 9.74. The van der Waals surface area contributed by atoms with Crippen LogP contribution in [0, 0.1) is 17.8 Å². The van der Waals surface area contributed by atoms with Gasteiger partial charge in [0.05, 0.1) is 12.1 Å². The average Bonchev–Trinajstić information content (AvgIpc) is 2.52. The van der Waals surface area contributed by atoms with Gasteiger partial charge in [0.15, 0.2) is 0 Å². The maximum absolute atomic E-state index is 12.4. The van der Waals surface area contributed by atoms with Gasteiger partial charge in [0.2, 0.25) is 0 Å². The lowest BCUT2D eigenvalue weighted by Crippen LogP contribution is -2.38. The van der Waals surface area contributed by atoms with Crippen LogP contribution in [0.15, 0.2) is 18.5 Å². The van der Waals surface area contributed by atoms with Crippen LogP contribution in [0.2, 0.25) is 0 Å². The van der Waals surface area contributed by atoms with Crippen molar-refractivity contribution in [3.63, 3.8) is 0 Å². The van der Waals surface area contributed by atoms with Gasteiger partial charge in [-0.1, -0.05) is 25.2 Å². The van der Waals surface area contributed by atoms with Crippen LogP contribution < -0.4 is 5.73 Å². The summed E-state index contributed by atoms with van der Waals surface area (Å²) in [6.07, 6.45) is 6.67. The van der Waals surface area contributed by atoms with E-state index in [0.29, 0.717) is 12.1 Å². The highest BCUT2D eigenvalue weighted by atomic mass is 16.2. The number of hydrogen-bond acceptors (Lipinski definition) is 3. The van der Waals surface area contributed by atoms with E-state index in [9.17, 15) is 4.79 Å². The molecule has 4 nitrogen and oxygen atoms in total. The number of pyridine rings is 1. The Labute approximate surface area is 120 Å². The Morgan fingerprint density at radius 3 is 2.85 bits per heavy atom. The Hall–Kier alpha value is -1.86. The van der Waals surface area contributed by atoms with E-state index in [1.165, 1.54) is 6.42 Å². The van der Waals surface area contributed by atoms with Crippen LogP contribution >= 0.6 is 0 Å². The van der Waals surface area contributed by atoms with Crippen molar-refractivity contribution in [2.75, 3.05) is 19.6 Å². The minimum absolute atomic E-state index is 0.0588. The Bertz CT molecular complexity index is 522. The molecule has 2 N–H and O–H groups in total.